The van der Waals surface area contributed by atoms with Gasteiger partial charge in [-0.2, -0.15) is 132 Å². The minimum Gasteiger partial charge on any atom is -0.461 e. The number of carbonyl (C=O) groups excluding carboxylic acids is 1. The van der Waals surface area contributed by atoms with Crippen LogP contribution < -0.4 is 26.4 Å². The highest BCUT2D eigenvalue weighted by molar-refractivity contribution is 7.20. The molecule has 1 heterocycles. The van der Waals surface area contributed by atoms with Gasteiger partial charge in [0.2, 0.25) is 5.51 Å². The lowest BCUT2D eigenvalue weighted by molar-refractivity contribution is -0.685. The molecular weight excluding hydrogens is 1070 g/mol. The Morgan fingerprint density at radius 3 is 0.890 bits per heavy atom. The molecule has 0 fully saturated rings. The summed E-state index contributed by atoms with van der Waals surface area (Å²) in [6.07, 6.45) is -54.8. The van der Waals surface area contributed by atoms with E-state index in [1.165, 1.54) is 18.4 Å². The molecule has 6 rings (SSSR count). The summed E-state index contributed by atoms with van der Waals surface area (Å²) in [6, 6.07) is 1.20. The average Bonchev–Trinajstić information content (AvgIpc) is 3.72. The summed E-state index contributed by atoms with van der Waals surface area (Å²) in [5, 5.41) is 1.80. The van der Waals surface area contributed by atoms with Crippen LogP contribution >= 0.6 is 11.3 Å². The fourth-order valence-corrected chi connectivity index (χ4v) is 8.29. The van der Waals surface area contributed by atoms with E-state index in [0.717, 1.165) is 5.56 Å². The molecule has 0 aliphatic heterocycles. The maximum atomic E-state index is 14.2. The van der Waals surface area contributed by atoms with E-state index in [0.29, 0.717) is 12.2 Å². The van der Waals surface area contributed by atoms with Gasteiger partial charge in [-0.3, -0.25) is 0 Å². The van der Waals surface area contributed by atoms with Gasteiger partial charge in [-0.1, -0.05) is 90.2 Å². The molecule has 0 amide bonds. The van der Waals surface area contributed by atoms with Crippen molar-refractivity contribution in [2.75, 3.05) is 7.11 Å². The Morgan fingerprint density at radius 2 is 0.671 bits per heavy atom. The van der Waals surface area contributed by atoms with Crippen LogP contribution in [0, 0.1) is 0 Å². The fourth-order valence-electron chi connectivity index (χ4n) is 7.54. The first-order chi connectivity index (χ1) is 33.1. The van der Waals surface area contributed by atoms with E-state index in [2.05, 4.69) is 0 Å². The van der Waals surface area contributed by atoms with Crippen molar-refractivity contribution in [3.05, 3.63) is 170 Å². The van der Waals surface area contributed by atoms with Crippen LogP contribution in [0.3, 0.4) is 0 Å². The molecule has 29 heteroatoms. The number of benzene rings is 5. The Morgan fingerprint density at radius 1 is 0.425 bits per heavy atom. The number of hydrogen-bond acceptors (Lipinski definition) is 3. The van der Waals surface area contributed by atoms with E-state index in [-0.39, 0.29) is 5.97 Å². The van der Waals surface area contributed by atoms with E-state index < -0.39 is 195 Å². The zero-order valence-corrected chi connectivity index (χ0v) is 36.3. The first kappa shape index (κ1) is 57.5. The number of ether oxygens (including phenoxy) is 1. The monoisotopic (exact) mass is 1100 g/mol. The summed E-state index contributed by atoms with van der Waals surface area (Å²) >= 11 is 1.49. The van der Waals surface area contributed by atoms with E-state index in [9.17, 15) is 110 Å². The number of aromatic nitrogens is 1. The molecule has 394 valence electrons. The quantitative estimate of drug-likeness (QED) is 0.0690. The predicted octanol–water partition coefficient (Wildman–Crippen LogP) is 13.1. The van der Waals surface area contributed by atoms with E-state index >= 15 is 0 Å². The number of carbonyl (C=O) groups is 1. The number of nitrogens with zero attached hydrogens (tertiary/aromatic N) is 1. The molecular formula is C44H24BF24NO2S. The largest absolute Gasteiger partial charge is 0.461 e. The molecule has 5 aromatic carbocycles. The van der Waals surface area contributed by atoms with Crippen molar-refractivity contribution < 1.29 is 119 Å². The van der Waals surface area contributed by atoms with Crippen LogP contribution in [-0.2, 0) is 60.7 Å². The standard InChI is InChI=1S/C32H12BF24.C12H12NO2S/c34-25(35,36)13-1-14(26(37,38)39)6-21(5-13)33(22-7-15(27(40,41)42)2-16(8-22)28(43,44)45,23-9-17(29(46,47)48)3-18(10-23)30(49,50)51)24-11-19(31(52,53)54)4-20(12-24)32(55,56)57;1-15-12(14)11-8-16-9-13(11)7-10-5-3-2-4-6-10/h1-12H;2-6,8-9H,7H2,1H3/q-1;+1. The number of rotatable bonds is 7. The average molecular weight is 1100 g/mol. The van der Waals surface area contributed by atoms with E-state index in [1.807, 2.05) is 40.4 Å². The van der Waals surface area contributed by atoms with Gasteiger partial charge >= 0.3 is 61.1 Å². The lowest BCUT2D eigenvalue weighted by Gasteiger charge is -2.46. The summed E-state index contributed by atoms with van der Waals surface area (Å²) in [6.45, 7) is 0.689. The van der Waals surface area contributed by atoms with Crippen molar-refractivity contribution in [1.29, 1.82) is 0 Å². The minimum atomic E-state index is -6.13. The van der Waals surface area contributed by atoms with Crippen LogP contribution in [0.15, 0.2) is 114 Å². The molecule has 0 aliphatic rings. The normalized spacial score (nSPS) is 13.4. The molecule has 0 spiro atoms. The third-order valence-corrected chi connectivity index (χ3v) is 11.4. The smallest absolute Gasteiger partial charge is 0.416 e. The number of thiazole rings is 1. The molecule has 6 aromatic rings. The van der Waals surface area contributed by atoms with E-state index in [4.69, 9.17) is 4.74 Å². The highest BCUT2D eigenvalue weighted by atomic mass is 32.1. The Balaban J connectivity index is 0.000000520. The zero-order valence-electron chi connectivity index (χ0n) is 35.5. The molecule has 0 radical (unpaired) electrons. The molecule has 0 unspecified atom stereocenters. The van der Waals surface area contributed by atoms with Crippen LogP contribution in [0.1, 0.15) is 60.6 Å². The van der Waals surface area contributed by atoms with Crippen molar-refractivity contribution in [3.8, 4) is 0 Å². The highest BCUT2D eigenvalue weighted by Crippen LogP contribution is 2.41. The van der Waals surface area contributed by atoms with Crippen molar-refractivity contribution in [2.24, 2.45) is 0 Å². The predicted molar refractivity (Wildman–Crippen MR) is 211 cm³/mol. The Bertz CT molecular complexity index is 2500. The Labute approximate surface area is 397 Å². The molecule has 0 saturated heterocycles. The summed E-state index contributed by atoms with van der Waals surface area (Å²) in [4.78, 5) is 11.4. The zero-order chi connectivity index (χ0) is 55.3. The second-order valence-electron chi connectivity index (χ2n) is 15.6. The summed E-state index contributed by atoms with van der Waals surface area (Å²) in [5.74, 6) is -0.294. The third kappa shape index (κ3) is 13.2. The maximum absolute atomic E-state index is 14.2. The van der Waals surface area contributed by atoms with Crippen molar-refractivity contribution in [3.63, 3.8) is 0 Å². The van der Waals surface area contributed by atoms with Gasteiger partial charge in [-0.05, 0) is 24.3 Å². The van der Waals surface area contributed by atoms with Gasteiger partial charge in [0, 0.05) is 5.56 Å². The molecule has 0 atom stereocenters. The van der Waals surface area contributed by atoms with Crippen LogP contribution in [-0.4, -0.2) is 19.2 Å². The van der Waals surface area contributed by atoms with Gasteiger partial charge < -0.3 is 4.74 Å². The molecule has 1 aromatic heterocycles. The van der Waals surface area contributed by atoms with Gasteiger partial charge in [0.05, 0.1) is 57.0 Å². The second-order valence-corrected chi connectivity index (χ2v) is 16.3. The third-order valence-electron chi connectivity index (χ3n) is 10.7. The molecule has 0 saturated carbocycles. The molecule has 73 heavy (non-hydrogen) atoms. The van der Waals surface area contributed by atoms with Crippen molar-refractivity contribution in [2.45, 2.75) is 56.0 Å². The van der Waals surface area contributed by atoms with Gasteiger partial charge in [-0.25, -0.2) is 4.79 Å². The number of alkyl halides is 24. The number of esters is 1. The molecule has 0 aliphatic carbocycles. The first-order valence-electron chi connectivity index (χ1n) is 19.5. The van der Waals surface area contributed by atoms with Crippen LogP contribution in [0.5, 0.6) is 0 Å². The van der Waals surface area contributed by atoms with E-state index in [1.54, 1.807) is 5.38 Å². The molecule has 3 nitrogen and oxygen atoms in total. The second kappa shape index (κ2) is 19.8. The Kier molecular flexibility index (Phi) is 15.6. The van der Waals surface area contributed by atoms with Crippen molar-refractivity contribution in [1.82, 2.24) is 0 Å². The van der Waals surface area contributed by atoms with Gasteiger partial charge in [-0.15, -0.1) is 0 Å². The Hall–Kier alpha value is -6.42. The summed E-state index contributed by atoms with van der Waals surface area (Å²) in [7, 11) is 1.40. The lowest BCUT2D eigenvalue weighted by atomic mass is 9.12. The van der Waals surface area contributed by atoms with Crippen molar-refractivity contribution >= 4 is 45.3 Å². The maximum Gasteiger partial charge on any atom is 0.416 e. The van der Waals surface area contributed by atoms with Crippen LogP contribution in [0.25, 0.3) is 0 Å². The molecule has 0 N–H and O–H groups in total. The SMILES string of the molecule is COC(=O)c1csc[n+]1Cc1ccccc1.FC(F)(F)c1cc([B-](c2cc(C(F)(F)F)cc(C(F)(F)F)c2)(c2cc(C(F)(F)F)cc(C(F)(F)F)c2)c2cc(C(F)(F)F)cc(C(F)(F)F)c2)cc(C(F)(F)F)c1. The van der Waals surface area contributed by atoms with Gasteiger partial charge in [0.15, 0.2) is 6.54 Å². The highest BCUT2D eigenvalue weighted by Gasteiger charge is 2.47. The van der Waals surface area contributed by atoms with Gasteiger partial charge in [0.1, 0.15) is 6.15 Å². The molecule has 0 bridgehead atoms. The topological polar surface area (TPSA) is 30.2 Å². The fraction of sp³-hybridized carbons (Fsp3) is 0.227. The summed E-state index contributed by atoms with van der Waals surface area (Å²) < 4.78 is 347. The number of halogens is 24. The minimum absolute atomic E-state index is 0.294. The number of methoxy groups -OCH3 is 1. The lowest BCUT2D eigenvalue weighted by Crippen LogP contribution is -2.75. The first-order valence-corrected chi connectivity index (χ1v) is 20.5. The van der Waals surface area contributed by atoms with Crippen LogP contribution in [0.4, 0.5) is 105 Å². The van der Waals surface area contributed by atoms with Crippen LogP contribution in [0.2, 0.25) is 0 Å². The van der Waals surface area contributed by atoms with Gasteiger partial charge in [0.25, 0.3) is 0 Å². The summed E-state index contributed by atoms with van der Waals surface area (Å²) in [5.41, 5.74) is -26.5. The number of hydrogen-bond donors (Lipinski definition) is 0.